The Labute approximate surface area is 231 Å². The Morgan fingerprint density at radius 2 is 1.54 bits per heavy atom. The van der Waals surface area contributed by atoms with Crippen LogP contribution in [-0.4, -0.2) is 50.9 Å². The van der Waals surface area contributed by atoms with Crippen molar-refractivity contribution in [3.63, 3.8) is 0 Å². The second kappa shape index (κ2) is 13.3. The number of methoxy groups -OCH3 is 1. The van der Waals surface area contributed by atoms with Crippen molar-refractivity contribution in [3.8, 4) is 5.75 Å². The molecule has 2 amide bonds. The maximum Gasteiger partial charge on any atom is 0.264 e. The SMILES string of the molecule is CC[C@@H](C(=O)NC(C)C)N(Cc1ccccc1)C(=O)CN(c1ccccc1OC)S(=O)(=O)c1ccc(C)cc1. The van der Waals surface area contributed by atoms with Crippen LogP contribution in [-0.2, 0) is 26.2 Å². The van der Waals surface area contributed by atoms with Gasteiger partial charge in [0, 0.05) is 12.6 Å². The van der Waals surface area contributed by atoms with Crippen molar-refractivity contribution in [2.75, 3.05) is 18.0 Å². The highest BCUT2D eigenvalue weighted by Gasteiger charge is 2.34. The Morgan fingerprint density at radius 1 is 0.923 bits per heavy atom. The van der Waals surface area contributed by atoms with E-state index in [4.69, 9.17) is 4.74 Å². The first-order chi connectivity index (χ1) is 18.6. The molecule has 1 N–H and O–H groups in total. The molecule has 208 valence electrons. The molecule has 1 atom stereocenters. The molecule has 0 spiro atoms. The summed E-state index contributed by atoms with van der Waals surface area (Å²) < 4.78 is 34.5. The predicted octanol–water partition coefficient (Wildman–Crippen LogP) is 4.53. The van der Waals surface area contributed by atoms with Gasteiger partial charge in [-0.25, -0.2) is 8.42 Å². The summed E-state index contributed by atoms with van der Waals surface area (Å²) in [5.41, 5.74) is 1.96. The van der Waals surface area contributed by atoms with E-state index in [9.17, 15) is 18.0 Å². The van der Waals surface area contributed by atoms with Gasteiger partial charge in [-0.3, -0.25) is 13.9 Å². The zero-order valence-electron chi connectivity index (χ0n) is 23.1. The number of aryl methyl sites for hydroxylation is 1. The second-order valence-corrected chi connectivity index (χ2v) is 11.5. The lowest BCUT2D eigenvalue weighted by Gasteiger charge is -2.33. The second-order valence-electron chi connectivity index (χ2n) is 9.59. The highest BCUT2D eigenvalue weighted by atomic mass is 32.2. The highest BCUT2D eigenvalue weighted by Crippen LogP contribution is 2.32. The van der Waals surface area contributed by atoms with Crippen molar-refractivity contribution >= 4 is 27.5 Å². The third kappa shape index (κ3) is 7.38. The number of ether oxygens (including phenoxy) is 1. The largest absolute Gasteiger partial charge is 0.495 e. The Hall–Kier alpha value is -3.85. The molecule has 3 rings (SSSR count). The topological polar surface area (TPSA) is 96.0 Å². The van der Waals surface area contributed by atoms with E-state index in [1.807, 2.05) is 58.0 Å². The van der Waals surface area contributed by atoms with Gasteiger partial charge in [0.2, 0.25) is 11.8 Å². The van der Waals surface area contributed by atoms with Crippen molar-refractivity contribution in [3.05, 3.63) is 90.0 Å². The zero-order chi connectivity index (χ0) is 28.6. The van der Waals surface area contributed by atoms with Crippen LogP contribution in [0.5, 0.6) is 5.75 Å². The average Bonchev–Trinajstić information content (AvgIpc) is 2.91. The van der Waals surface area contributed by atoms with Gasteiger partial charge >= 0.3 is 0 Å². The monoisotopic (exact) mass is 551 g/mol. The number of anilines is 1. The molecule has 0 unspecified atom stereocenters. The fourth-order valence-corrected chi connectivity index (χ4v) is 5.69. The molecule has 0 saturated carbocycles. The lowest BCUT2D eigenvalue weighted by atomic mass is 10.1. The maximum atomic E-state index is 14.1. The van der Waals surface area contributed by atoms with Crippen LogP contribution < -0.4 is 14.4 Å². The number of carbonyl (C=O) groups excluding carboxylic acids is 2. The minimum absolute atomic E-state index is 0.0472. The number of amides is 2. The van der Waals surface area contributed by atoms with E-state index in [0.29, 0.717) is 12.2 Å². The van der Waals surface area contributed by atoms with Crippen molar-refractivity contribution < 1.29 is 22.7 Å². The third-order valence-corrected chi connectivity index (χ3v) is 8.03. The van der Waals surface area contributed by atoms with E-state index in [2.05, 4.69) is 5.32 Å². The van der Waals surface area contributed by atoms with Crippen LogP contribution in [0.1, 0.15) is 38.3 Å². The molecule has 0 saturated heterocycles. The minimum atomic E-state index is -4.17. The van der Waals surface area contributed by atoms with Crippen molar-refractivity contribution in [2.24, 2.45) is 0 Å². The molecule has 39 heavy (non-hydrogen) atoms. The molecule has 0 fully saturated rings. The van der Waals surface area contributed by atoms with E-state index < -0.39 is 28.5 Å². The smallest absolute Gasteiger partial charge is 0.264 e. The molecule has 8 nitrogen and oxygen atoms in total. The number of hydrogen-bond acceptors (Lipinski definition) is 5. The number of nitrogens with zero attached hydrogens (tertiary/aromatic N) is 2. The van der Waals surface area contributed by atoms with Gasteiger partial charge in [0.15, 0.2) is 0 Å². The van der Waals surface area contributed by atoms with Gasteiger partial charge in [-0.2, -0.15) is 0 Å². The molecule has 3 aromatic rings. The summed E-state index contributed by atoms with van der Waals surface area (Å²) in [6, 6.07) is 21.5. The van der Waals surface area contributed by atoms with Crippen LogP contribution in [0.2, 0.25) is 0 Å². The minimum Gasteiger partial charge on any atom is -0.495 e. The molecule has 0 bridgehead atoms. The third-order valence-electron chi connectivity index (χ3n) is 6.25. The standard InChI is InChI=1S/C30H37N3O5S/c1-6-26(30(35)31-22(2)3)32(20-24-12-8-7-9-13-24)29(34)21-33(27-14-10-11-15-28(27)38-5)39(36,37)25-18-16-23(4)17-19-25/h7-19,22,26H,6,20-21H2,1-5H3,(H,31,35)/t26-/m0/s1. The molecular weight excluding hydrogens is 514 g/mol. The van der Waals surface area contributed by atoms with E-state index in [1.165, 1.54) is 24.1 Å². The molecule has 0 aliphatic rings. The number of benzene rings is 3. The number of nitrogens with one attached hydrogen (secondary N) is 1. The predicted molar refractivity (Wildman–Crippen MR) is 153 cm³/mol. The van der Waals surface area contributed by atoms with E-state index >= 15 is 0 Å². The molecule has 0 radical (unpaired) electrons. The van der Waals surface area contributed by atoms with Gasteiger partial charge < -0.3 is 15.0 Å². The van der Waals surface area contributed by atoms with Gasteiger partial charge in [-0.1, -0.05) is 67.1 Å². The Balaban J connectivity index is 2.09. The van der Waals surface area contributed by atoms with Gasteiger partial charge in [0.05, 0.1) is 17.7 Å². The average molecular weight is 552 g/mol. The van der Waals surface area contributed by atoms with Crippen LogP contribution in [0.3, 0.4) is 0 Å². The van der Waals surface area contributed by atoms with Gasteiger partial charge in [0.25, 0.3) is 10.0 Å². The first-order valence-corrected chi connectivity index (χ1v) is 14.4. The molecular formula is C30H37N3O5S. The van der Waals surface area contributed by atoms with E-state index in [1.54, 1.807) is 36.4 Å². The van der Waals surface area contributed by atoms with Crippen LogP contribution >= 0.6 is 0 Å². The lowest BCUT2D eigenvalue weighted by Crippen LogP contribution is -2.53. The summed E-state index contributed by atoms with van der Waals surface area (Å²) in [5, 5.41) is 2.89. The summed E-state index contributed by atoms with van der Waals surface area (Å²) in [7, 11) is -2.72. The number of carbonyl (C=O) groups is 2. The number of para-hydroxylation sites is 2. The Kier molecular flexibility index (Phi) is 10.1. The molecule has 0 aromatic heterocycles. The fraction of sp³-hybridized carbons (Fsp3) is 0.333. The summed E-state index contributed by atoms with van der Waals surface area (Å²) in [6.07, 6.45) is 0.358. The van der Waals surface area contributed by atoms with Crippen LogP contribution in [0.4, 0.5) is 5.69 Å². The normalized spacial score (nSPS) is 12.1. The number of hydrogen-bond donors (Lipinski definition) is 1. The quantitative estimate of drug-likeness (QED) is 0.357. The number of rotatable bonds is 12. The first-order valence-electron chi connectivity index (χ1n) is 12.9. The molecule has 9 heteroatoms. The summed E-state index contributed by atoms with van der Waals surface area (Å²) in [5.74, 6) is -0.492. The molecule has 3 aromatic carbocycles. The van der Waals surface area contributed by atoms with Gasteiger partial charge in [-0.15, -0.1) is 0 Å². The molecule has 0 heterocycles. The van der Waals surface area contributed by atoms with Crippen LogP contribution in [0.25, 0.3) is 0 Å². The van der Waals surface area contributed by atoms with Crippen LogP contribution in [0, 0.1) is 6.92 Å². The first kappa shape index (κ1) is 29.7. The van der Waals surface area contributed by atoms with Crippen molar-refractivity contribution in [1.82, 2.24) is 10.2 Å². The maximum absolute atomic E-state index is 14.1. The highest BCUT2D eigenvalue weighted by molar-refractivity contribution is 7.92. The van der Waals surface area contributed by atoms with E-state index in [0.717, 1.165) is 15.4 Å². The summed E-state index contributed by atoms with van der Waals surface area (Å²) in [6.45, 7) is 7.03. The van der Waals surface area contributed by atoms with Crippen molar-refractivity contribution in [2.45, 2.75) is 57.6 Å². The molecule has 0 aliphatic carbocycles. The Bertz CT molecular complexity index is 1360. The van der Waals surface area contributed by atoms with Crippen LogP contribution in [0.15, 0.2) is 83.8 Å². The zero-order valence-corrected chi connectivity index (χ0v) is 23.9. The van der Waals surface area contributed by atoms with Gasteiger partial charge in [0.1, 0.15) is 18.3 Å². The lowest BCUT2D eigenvalue weighted by molar-refractivity contribution is -0.140. The van der Waals surface area contributed by atoms with Gasteiger partial charge in [-0.05, 0) is 57.0 Å². The molecule has 0 aliphatic heterocycles. The summed E-state index contributed by atoms with van der Waals surface area (Å²) >= 11 is 0. The van der Waals surface area contributed by atoms with Crippen molar-refractivity contribution in [1.29, 1.82) is 0 Å². The fourth-order valence-electron chi connectivity index (χ4n) is 4.27. The number of sulfonamides is 1. The Morgan fingerprint density at radius 3 is 2.13 bits per heavy atom. The van der Waals surface area contributed by atoms with E-state index in [-0.39, 0.29) is 29.1 Å². The summed E-state index contributed by atoms with van der Waals surface area (Å²) in [4.78, 5) is 28.7.